The van der Waals surface area contributed by atoms with E-state index in [-0.39, 0.29) is 0 Å². The van der Waals surface area contributed by atoms with Gasteiger partial charge in [0.2, 0.25) is 0 Å². The maximum Gasteiger partial charge on any atom is 0.172 e. The lowest BCUT2D eigenvalue weighted by Gasteiger charge is -2.09. The average molecular weight is 317 g/mol. The minimum Gasteiger partial charge on any atom is -0.340 e. The van der Waals surface area contributed by atoms with E-state index in [1.54, 1.807) is 0 Å². The number of benzene rings is 1. The Labute approximate surface area is 119 Å². The van der Waals surface area contributed by atoms with Gasteiger partial charge < -0.3 is 5.32 Å². The second-order valence-electron chi connectivity index (χ2n) is 4.41. The van der Waals surface area contributed by atoms with Gasteiger partial charge in [-0.1, -0.05) is 18.2 Å². The first-order valence-electron chi connectivity index (χ1n) is 6.00. The van der Waals surface area contributed by atoms with Gasteiger partial charge in [0.25, 0.3) is 0 Å². The zero-order valence-corrected chi connectivity index (χ0v) is 12.3. The molecule has 4 nitrogen and oxygen atoms in total. The molecule has 19 heavy (non-hydrogen) atoms. The van der Waals surface area contributed by atoms with Crippen LogP contribution in [-0.4, -0.2) is 14.6 Å². The number of anilines is 2. The molecule has 96 valence electrons. The topological polar surface area (TPSA) is 42.2 Å². The third-order valence-corrected chi connectivity index (χ3v) is 3.80. The molecule has 0 atom stereocenters. The summed E-state index contributed by atoms with van der Waals surface area (Å²) in [6.45, 7) is 3.94. The summed E-state index contributed by atoms with van der Waals surface area (Å²) < 4.78 is 2.76. The summed E-state index contributed by atoms with van der Waals surface area (Å²) in [4.78, 5) is 4.51. The van der Waals surface area contributed by atoms with Gasteiger partial charge in [-0.25, -0.2) is 4.98 Å². The Hall–Kier alpha value is -1.88. The monoisotopic (exact) mass is 316 g/mol. The van der Waals surface area contributed by atoms with Crippen molar-refractivity contribution in [2.24, 2.45) is 0 Å². The van der Waals surface area contributed by atoms with Crippen LogP contribution >= 0.6 is 15.9 Å². The second-order valence-corrected chi connectivity index (χ2v) is 5.20. The van der Waals surface area contributed by atoms with Crippen molar-refractivity contribution in [1.82, 2.24) is 14.6 Å². The van der Waals surface area contributed by atoms with Crippen LogP contribution in [-0.2, 0) is 0 Å². The highest BCUT2D eigenvalue weighted by molar-refractivity contribution is 9.10. The molecule has 5 heteroatoms. The standard InChI is InChI=1S/C14H13BrN4/c1-9-8-12(17-11-6-4-3-5-7-11)19-14(16-9)13(15)10(2)18-19/h3-8,17H,1-2H3. The highest BCUT2D eigenvalue weighted by Gasteiger charge is 2.12. The molecular formula is C14H13BrN4. The largest absolute Gasteiger partial charge is 0.340 e. The number of fused-ring (bicyclic) bond motifs is 1. The SMILES string of the molecule is Cc1cc(Nc2ccccc2)n2nc(C)c(Br)c2n1. The number of rotatable bonds is 2. The molecule has 1 aromatic carbocycles. The molecule has 0 aliphatic heterocycles. The summed E-state index contributed by atoms with van der Waals surface area (Å²) in [6, 6.07) is 12.0. The van der Waals surface area contributed by atoms with Gasteiger partial charge in [-0.05, 0) is 41.9 Å². The van der Waals surface area contributed by atoms with Crippen molar-refractivity contribution in [2.75, 3.05) is 5.32 Å². The van der Waals surface area contributed by atoms with E-state index in [1.807, 2.05) is 54.8 Å². The minimum absolute atomic E-state index is 0.830. The van der Waals surface area contributed by atoms with E-state index in [1.165, 1.54) is 0 Å². The summed E-state index contributed by atoms with van der Waals surface area (Å²) in [5, 5.41) is 7.86. The molecule has 0 bridgehead atoms. The number of aromatic nitrogens is 3. The molecule has 2 heterocycles. The first-order chi connectivity index (χ1) is 9.15. The number of nitrogens with zero attached hydrogens (tertiary/aromatic N) is 3. The molecule has 1 N–H and O–H groups in total. The Balaban J connectivity index is 2.15. The van der Waals surface area contributed by atoms with Crippen molar-refractivity contribution in [3.05, 3.63) is 52.3 Å². The molecule has 0 aliphatic rings. The van der Waals surface area contributed by atoms with Gasteiger partial charge in [0.1, 0.15) is 5.82 Å². The van der Waals surface area contributed by atoms with Crippen LogP contribution in [0.25, 0.3) is 5.65 Å². The van der Waals surface area contributed by atoms with Crippen molar-refractivity contribution in [1.29, 1.82) is 0 Å². The predicted molar refractivity (Wildman–Crippen MR) is 79.9 cm³/mol. The summed E-state index contributed by atoms with van der Waals surface area (Å²) in [5.74, 6) is 0.905. The van der Waals surface area contributed by atoms with Crippen LogP contribution in [0.3, 0.4) is 0 Å². The Morgan fingerprint density at radius 3 is 2.63 bits per heavy atom. The van der Waals surface area contributed by atoms with Crippen molar-refractivity contribution in [2.45, 2.75) is 13.8 Å². The molecule has 0 saturated heterocycles. The molecule has 3 aromatic rings. The molecule has 0 aliphatic carbocycles. The zero-order valence-electron chi connectivity index (χ0n) is 10.7. The molecule has 3 rings (SSSR count). The zero-order chi connectivity index (χ0) is 13.4. The van der Waals surface area contributed by atoms with E-state index < -0.39 is 0 Å². The van der Waals surface area contributed by atoms with E-state index in [0.29, 0.717) is 0 Å². The van der Waals surface area contributed by atoms with E-state index in [9.17, 15) is 0 Å². The number of aryl methyl sites for hydroxylation is 2. The fourth-order valence-corrected chi connectivity index (χ4v) is 2.31. The normalized spacial score (nSPS) is 10.9. The number of hydrogen-bond acceptors (Lipinski definition) is 3. The Bertz CT molecular complexity index is 734. The second kappa shape index (κ2) is 4.66. The lowest BCUT2D eigenvalue weighted by molar-refractivity contribution is 0.917. The quantitative estimate of drug-likeness (QED) is 0.780. The molecule has 0 amide bonds. The summed E-state index contributed by atoms with van der Waals surface area (Å²) in [5.41, 5.74) is 3.73. The van der Waals surface area contributed by atoms with Crippen molar-refractivity contribution in [3.63, 3.8) is 0 Å². The van der Waals surface area contributed by atoms with E-state index >= 15 is 0 Å². The molecule has 2 aromatic heterocycles. The number of hydrogen-bond donors (Lipinski definition) is 1. The van der Waals surface area contributed by atoms with E-state index in [2.05, 4.69) is 31.3 Å². The van der Waals surface area contributed by atoms with Gasteiger partial charge in [-0.2, -0.15) is 9.61 Å². The lowest BCUT2D eigenvalue weighted by Crippen LogP contribution is -2.02. The van der Waals surface area contributed by atoms with Gasteiger partial charge in [-0.3, -0.25) is 0 Å². The van der Waals surface area contributed by atoms with Crippen LogP contribution in [0, 0.1) is 13.8 Å². The van der Waals surface area contributed by atoms with Gasteiger partial charge in [0.15, 0.2) is 5.65 Å². The van der Waals surface area contributed by atoms with Crippen LogP contribution in [0.5, 0.6) is 0 Å². The fourth-order valence-electron chi connectivity index (χ4n) is 1.98. The highest BCUT2D eigenvalue weighted by atomic mass is 79.9. The number of nitrogens with one attached hydrogen (secondary N) is 1. The van der Waals surface area contributed by atoms with Crippen LogP contribution in [0.1, 0.15) is 11.4 Å². The summed E-state index contributed by atoms with van der Waals surface area (Å²) in [7, 11) is 0. The minimum atomic E-state index is 0.830. The number of halogens is 1. The van der Waals surface area contributed by atoms with E-state index in [0.717, 1.165) is 33.0 Å². The van der Waals surface area contributed by atoms with Crippen molar-refractivity contribution >= 4 is 33.1 Å². The maximum atomic E-state index is 4.51. The predicted octanol–water partition coefficient (Wildman–Crippen LogP) is 3.85. The van der Waals surface area contributed by atoms with Crippen LogP contribution in [0.2, 0.25) is 0 Å². The first kappa shape index (κ1) is 12.2. The Morgan fingerprint density at radius 2 is 1.89 bits per heavy atom. The molecule has 0 saturated carbocycles. The summed E-state index contributed by atoms with van der Waals surface area (Å²) >= 11 is 3.53. The van der Waals surface area contributed by atoms with Crippen LogP contribution in [0.4, 0.5) is 11.5 Å². The van der Waals surface area contributed by atoms with Gasteiger partial charge in [-0.15, -0.1) is 0 Å². The average Bonchev–Trinajstić information content (AvgIpc) is 2.68. The Morgan fingerprint density at radius 1 is 1.16 bits per heavy atom. The van der Waals surface area contributed by atoms with Crippen LogP contribution < -0.4 is 5.32 Å². The maximum absolute atomic E-state index is 4.51. The smallest absolute Gasteiger partial charge is 0.172 e. The van der Waals surface area contributed by atoms with Crippen molar-refractivity contribution < 1.29 is 0 Å². The molecule has 0 radical (unpaired) electrons. The lowest BCUT2D eigenvalue weighted by atomic mass is 10.3. The molecule has 0 spiro atoms. The third-order valence-electron chi connectivity index (χ3n) is 2.87. The number of para-hydroxylation sites is 1. The van der Waals surface area contributed by atoms with Crippen LogP contribution in [0.15, 0.2) is 40.9 Å². The molecule has 0 unspecified atom stereocenters. The first-order valence-corrected chi connectivity index (χ1v) is 6.79. The molecular weight excluding hydrogens is 304 g/mol. The Kier molecular flexibility index (Phi) is 2.98. The third kappa shape index (κ3) is 2.21. The fraction of sp³-hybridized carbons (Fsp3) is 0.143. The molecule has 0 fully saturated rings. The van der Waals surface area contributed by atoms with Gasteiger partial charge in [0.05, 0.1) is 10.2 Å². The van der Waals surface area contributed by atoms with Crippen molar-refractivity contribution in [3.8, 4) is 0 Å². The summed E-state index contributed by atoms with van der Waals surface area (Å²) in [6.07, 6.45) is 0. The van der Waals surface area contributed by atoms with Gasteiger partial charge >= 0.3 is 0 Å². The van der Waals surface area contributed by atoms with Gasteiger partial charge in [0, 0.05) is 17.4 Å². The van der Waals surface area contributed by atoms with E-state index in [4.69, 9.17) is 0 Å². The highest BCUT2D eigenvalue weighted by Crippen LogP contribution is 2.25.